The number of nitrogens with one attached hydrogen (secondary N) is 1. The van der Waals surface area contributed by atoms with Gasteiger partial charge in [-0.05, 0) is 37.1 Å². The Labute approximate surface area is 174 Å². The van der Waals surface area contributed by atoms with E-state index in [9.17, 15) is 4.79 Å². The second-order valence-electron chi connectivity index (χ2n) is 6.70. The Bertz CT molecular complexity index is 1000. The summed E-state index contributed by atoms with van der Waals surface area (Å²) in [4.78, 5) is 17.2. The third-order valence-corrected chi connectivity index (χ3v) is 5.86. The smallest absolute Gasteiger partial charge is 0.233 e. The van der Waals surface area contributed by atoms with Crippen LogP contribution in [-0.2, 0) is 17.9 Å². The molecule has 0 fully saturated rings. The molecule has 1 aromatic heterocycles. The quantitative estimate of drug-likeness (QED) is 0.595. The van der Waals surface area contributed by atoms with E-state index < -0.39 is 0 Å². The van der Waals surface area contributed by atoms with E-state index >= 15 is 0 Å². The maximum absolute atomic E-state index is 12.6. The third-order valence-electron chi connectivity index (χ3n) is 4.76. The summed E-state index contributed by atoms with van der Waals surface area (Å²) in [6, 6.07) is 15.9. The van der Waals surface area contributed by atoms with Crippen LogP contribution in [0, 0.1) is 0 Å². The summed E-state index contributed by atoms with van der Waals surface area (Å²) in [6.07, 6.45) is 1.87. The minimum absolute atomic E-state index is 0.0282. The van der Waals surface area contributed by atoms with Gasteiger partial charge in [0, 0.05) is 13.1 Å². The zero-order valence-corrected chi connectivity index (χ0v) is 17.2. The SMILES string of the molecule is CCn1c(-c2ccccc2)cnc1S[C@@H](C)C(=O)NCc1ccc2c(c1)OCO2. The number of nitrogens with zero attached hydrogens (tertiary/aromatic N) is 2. The van der Waals surface area contributed by atoms with Crippen molar-refractivity contribution >= 4 is 17.7 Å². The summed E-state index contributed by atoms with van der Waals surface area (Å²) in [7, 11) is 0. The molecule has 0 aliphatic carbocycles. The van der Waals surface area contributed by atoms with E-state index in [-0.39, 0.29) is 18.0 Å². The number of rotatable bonds is 7. The van der Waals surface area contributed by atoms with Crippen molar-refractivity contribution in [1.29, 1.82) is 0 Å². The van der Waals surface area contributed by atoms with Crippen LogP contribution in [0.3, 0.4) is 0 Å². The Morgan fingerprint density at radius 2 is 2.00 bits per heavy atom. The molecular formula is C22H23N3O3S. The van der Waals surface area contributed by atoms with Crippen molar-refractivity contribution in [3.05, 3.63) is 60.3 Å². The molecule has 1 amide bonds. The number of fused-ring (bicyclic) bond motifs is 1. The van der Waals surface area contributed by atoms with E-state index in [0.29, 0.717) is 6.54 Å². The highest BCUT2D eigenvalue weighted by Crippen LogP contribution is 2.32. The molecule has 0 saturated heterocycles. The lowest BCUT2D eigenvalue weighted by molar-refractivity contribution is -0.120. The Kier molecular flexibility index (Phi) is 5.76. The standard InChI is InChI=1S/C22H23N3O3S/c1-3-25-18(17-7-5-4-6-8-17)13-24-22(25)29-15(2)21(26)23-12-16-9-10-19-20(11-16)28-14-27-19/h4-11,13,15H,3,12,14H2,1-2H3,(H,23,26)/t15-/m0/s1. The zero-order chi connectivity index (χ0) is 20.2. The fourth-order valence-electron chi connectivity index (χ4n) is 3.19. The van der Waals surface area contributed by atoms with Crippen molar-refractivity contribution in [3.8, 4) is 22.8 Å². The predicted molar refractivity (Wildman–Crippen MR) is 113 cm³/mol. The second kappa shape index (κ2) is 8.61. The normalized spacial score (nSPS) is 13.3. The van der Waals surface area contributed by atoms with E-state index in [1.165, 1.54) is 11.8 Å². The molecule has 1 aliphatic rings. The molecule has 0 saturated carbocycles. The third kappa shape index (κ3) is 4.24. The Balaban J connectivity index is 1.39. The number of hydrogen-bond acceptors (Lipinski definition) is 5. The maximum Gasteiger partial charge on any atom is 0.233 e. The molecule has 6 nitrogen and oxygen atoms in total. The summed E-state index contributed by atoms with van der Waals surface area (Å²) in [5, 5.41) is 3.57. The molecule has 7 heteroatoms. The lowest BCUT2D eigenvalue weighted by Crippen LogP contribution is -2.30. The van der Waals surface area contributed by atoms with Crippen LogP contribution in [0.1, 0.15) is 19.4 Å². The van der Waals surface area contributed by atoms with Gasteiger partial charge in [0.05, 0.1) is 17.1 Å². The zero-order valence-electron chi connectivity index (χ0n) is 16.4. The number of carbonyl (C=O) groups is 1. The summed E-state index contributed by atoms with van der Waals surface area (Å²) >= 11 is 1.47. The highest BCUT2D eigenvalue weighted by molar-refractivity contribution is 8.00. The van der Waals surface area contributed by atoms with Crippen LogP contribution >= 0.6 is 11.8 Å². The van der Waals surface area contributed by atoms with Gasteiger partial charge in [0.25, 0.3) is 0 Å². The van der Waals surface area contributed by atoms with Gasteiger partial charge in [-0.2, -0.15) is 0 Å². The molecule has 0 bridgehead atoms. The van der Waals surface area contributed by atoms with Gasteiger partial charge in [-0.25, -0.2) is 4.98 Å². The maximum atomic E-state index is 12.6. The summed E-state index contributed by atoms with van der Waals surface area (Å²) in [5.74, 6) is 1.43. The first-order valence-electron chi connectivity index (χ1n) is 9.59. The number of benzene rings is 2. The van der Waals surface area contributed by atoms with Crippen molar-refractivity contribution in [2.45, 2.75) is 37.3 Å². The van der Waals surface area contributed by atoms with Gasteiger partial charge in [0.15, 0.2) is 16.7 Å². The number of aromatic nitrogens is 2. The minimum atomic E-state index is -0.264. The number of thioether (sulfide) groups is 1. The topological polar surface area (TPSA) is 65.4 Å². The Morgan fingerprint density at radius 1 is 1.21 bits per heavy atom. The molecular weight excluding hydrogens is 386 g/mol. The average Bonchev–Trinajstić information content (AvgIpc) is 3.38. The monoisotopic (exact) mass is 409 g/mol. The average molecular weight is 410 g/mol. The van der Waals surface area contributed by atoms with Crippen molar-refractivity contribution in [2.75, 3.05) is 6.79 Å². The van der Waals surface area contributed by atoms with Crippen LogP contribution in [0.5, 0.6) is 11.5 Å². The minimum Gasteiger partial charge on any atom is -0.454 e. The molecule has 3 aromatic rings. The molecule has 0 radical (unpaired) electrons. The molecule has 150 valence electrons. The molecule has 1 atom stereocenters. The number of ether oxygens (including phenoxy) is 2. The first-order valence-corrected chi connectivity index (χ1v) is 10.5. The second-order valence-corrected chi connectivity index (χ2v) is 8.01. The lowest BCUT2D eigenvalue weighted by atomic mass is 10.2. The van der Waals surface area contributed by atoms with Crippen molar-refractivity contribution in [2.24, 2.45) is 0 Å². The van der Waals surface area contributed by atoms with Gasteiger partial charge in [-0.3, -0.25) is 4.79 Å². The largest absolute Gasteiger partial charge is 0.454 e. The first-order chi connectivity index (χ1) is 14.2. The molecule has 0 spiro atoms. The molecule has 29 heavy (non-hydrogen) atoms. The summed E-state index contributed by atoms with van der Waals surface area (Å²) in [5.41, 5.74) is 3.15. The fraction of sp³-hybridized carbons (Fsp3) is 0.273. The predicted octanol–water partition coefficient (Wildman–Crippen LogP) is 4.10. The van der Waals surface area contributed by atoms with Gasteiger partial charge in [0.2, 0.25) is 12.7 Å². The molecule has 2 heterocycles. The summed E-state index contributed by atoms with van der Waals surface area (Å²) < 4.78 is 12.8. The van der Waals surface area contributed by atoms with Gasteiger partial charge in [-0.15, -0.1) is 0 Å². The lowest BCUT2D eigenvalue weighted by Gasteiger charge is -2.14. The van der Waals surface area contributed by atoms with E-state index in [0.717, 1.165) is 40.0 Å². The number of carbonyl (C=O) groups excluding carboxylic acids is 1. The van der Waals surface area contributed by atoms with E-state index in [1.807, 2.05) is 49.5 Å². The van der Waals surface area contributed by atoms with Crippen LogP contribution < -0.4 is 14.8 Å². The molecule has 4 rings (SSSR count). The molecule has 2 aromatic carbocycles. The van der Waals surface area contributed by atoms with Crippen molar-refractivity contribution in [3.63, 3.8) is 0 Å². The van der Waals surface area contributed by atoms with Crippen molar-refractivity contribution < 1.29 is 14.3 Å². The van der Waals surface area contributed by atoms with Gasteiger partial charge < -0.3 is 19.4 Å². The number of imidazole rings is 1. The number of hydrogen-bond donors (Lipinski definition) is 1. The molecule has 0 unspecified atom stereocenters. The first kappa shape index (κ1) is 19.4. The number of amides is 1. The van der Waals surface area contributed by atoms with Crippen LogP contribution in [0.4, 0.5) is 0 Å². The molecule has 1 aliphatic heterocycles. The highest BCUT2D eigenvalue weighted by atomic mass is 32.2. The van der Waals surface area contributed by atoms with Crippen LogP contribution in [0.25, 0.3) is 11.3 Å². The van der Waals surface area contributed by atoms with E-state index in [2.05, 4.69) is 33.9 Å². The molecule has 1 N–H and O–H groups in total. The van der Waals surface area contributed by atoms with Gasteiger partial charge in [-0.1, -0.05) is 48.2 Å². The van der Waals surface area contributed by atoms with Crippen LogP contribution in [-0.4, -0.2) is 27.5 Å². The van der Waals surface area contributed by atoms with Crippen LogP contribution in [0.2, 0.25) is 0 Å². The van der Waals surface area contributed by atoms with E-state index in [1.54, 1.807) is 0 Å². The fourth-order valence-corrected chi connectivity index (χ4v) is 4.17. The van der Waals surface area contributed by atoms with Gasteiger partial charge >= 0.3 is 0 Å². The summed E-state index contributed by atoms with van der Waals surface area (Å²) in [6.45, 7) is 5.46. The van der Waals surface area contributed by atoms with Crippen LogP contribution in [0.15, 0.2) is 59.9 Å². The highest BCUT2D eigenvalue weighted by Gasteiger charge is 2.19. The Hall–Kier alpha value is -2.93. The van der Waals surface area contributed by atoms with Gasteiger partial charge in [0.1, 0.15) is 0 Å². The Morgan fingerprint density at radius 3 is 2.79 bits per heavy atom. The van der Waals surface area contributed by atoms with Crippen molar-refractivity contribution in [1.82, 2.24) is 14.9 Å². The van der Waals surface area contributed by atoms with E-state index in [4.69, 9.17) is 9.47 Å².